The molecule has 2 rings (SSSR count). The van der Waals surface area contributed by atoms with E-state index in [9.17, 15) is 10.1 Å². The Hall–Kier alpha value is -1.24. The largest absolute Gasteiger partial charge is 0.305 e. The number of rotatable bonds is 7. The van der Waals surface area contributed by atoms with Gasteiger partial charge in [0.1, 0.15) is 0 Å². The molecule has 0 saturated heterocycles. The molecular formula is C15H17BrN2O2S. The average molecular weight is 369 g/mol. The third-order valence-corrected chi connectivity index (χ3v) is 4.88. The van der Waals surface area contributed by atoms with Crippen molar-refractivity contribution in [2.75, 3.05) is 0 Å². The monoisotopic (exact) mass is 368 g/mol. The molecule has 112 valence electrons. The minimum Gasteiger partial charge on any atom is -0.305 e. The number of halogens is 1. The van der Waals surface area contributed by atoms with Crippen molar-refractivity contribution >= 4 is 33.0 Å². The van der Waals surface area contributed by atoms with Crippen molar-refractivity contribution in [3.05, 3.63) is 60.7 Å². The molecule has 1 N–H and O–H groups in total. The molecule has 0 aliphatic heterocycles. The zero-order valence-corrected chi connectivity index (χ0v) is 14.1. The Kier molecular flexibility index (Phi) is 5.90. The number of hydrogen-bond donors (Lipinski definition) is 1. The van der Waals surface area contributed by atoms with Gasteiger partial charge in [-0.25, -0.2) is 0 Å². The van der Waals surface area contributed by atoms with Crippen molar-refractivity contribution in [1.82, 2.24) is 5.32 Å². The van der Waals surface area contributed by atoms with Crippen molar-refractivity contribution in [1.29, 1.82) is 0 Å². The van der Waals surface area contributed by atoms with E-state index in [-0.39, 0.29) is 10.6 Å². The highest BCUT2D eigenvalue weighted by atomic mass is 79.9. The molecule has 0 aliphatic carbocycles. The molecule has 21 heavy (non-hydrogen) atoms. The van der Waals surface area contributed by atoms with E-state index in [1.165, 1.54) is 4.88 Å². The molecule has 0 fully saturated rings. The van der Waals surface area contributed by atoms with Crippen molar-refractivity contribution < 1.29 is 4.92 Å². The van der Waals surface area contributed by atoms with E-state index < -0.39 is 0 Å². The lowest BCUT2D eigenvalue weighted by atomic mass is 10.1. The van der Waals surface area contributed by atoms with Gasteiger partial charge < -0.3 is 5.32 Å². The van der Waals surface area contributed by atoms with Crippen LogP contribution in [0, 0.1) is 10.1 Å². The van der Waals surface area contributed by atoms with Crippen LogP contribution in [0.1, 0.15) is 36.2 Å². The molecular weight excluding hydrogens is 352 g/mol. The van der Waals surface area contributed by atoms with E-state index >= 15 is 0 Å². The van der Waals surface area contributed by atoms with Crippen LogP contribution in [0.25, 0.3) is 0 Å². The molecule has 0 amide bonds. The molecule has 0 radical (unpaired) electrons. The highest BCUT2D eigenvalue weighted by Gasteiger charge is 2.14. The third kappa shape index (κ3) is 4.36. The zero-order valence-electron chi connectivity index (χ0n) is 11.7. The molecule has 0 saturated carbocycles. The van der Waals surface area contributed by atoms with Crippen LogP contribution in [-0.2, 0) is 6.54 Å². The molecule has 0 bridgehead atoms. The van der Waals surface area contributed by atoms with Gasteiger partial charge in [-0.2, -0.15) is 0 Å². The van der Waals surface area contributed by atoms with Gasteiger partial charge in [-0.05, 0) is 45.4 Å². The van der Waals surface area contributed by atoms with Gasteiger partial charge in [0.25, 0.3) is 5.69 Å². The van der Waals surface area contributed by atoms with E-state index in [0.29, 0.717) is 17.1 Å². The van der Waals surface area contributed by atoms with Crippen LogP contribution >= 0.6 is 27.3 Å². The summed E-state index contributed by atoms with van der Waals surface area (Å²) < 4.78 is 0.514. The Morgan fingerprint density at radius 1 is 1.43 bits per heavy atom. The fourth-order valence-corrected chi connectivity index (χ4v) is 3.40. The highest BCUT2D eigenvalue weighted by Crippen LogP contribution is 2.27. The summed E-state index contributed by atoms with van der Waals surface area (Å²) in [5.74, 6) is 0. The molecule has 1 heterocycles. The lowest BCUT2D eigenvalue weighted by molar-refractivity contribution is -0.385. The van der Waals surface area contributed by atoms with Crippen molar-refractivity contribution in [3.63, 3.8) is 0 Å². The minimum absolute atomic E-state index is 0.109. The first-order valence-electron chi connectivity index (χ1n) is 6.81. The van der Waals surface area contributed by atoms with E-state index in [4.69, 9.17) is 0 Å². The van der Waals surface area contributed by atoms with Crippen LogP contribution in [-0.4, -0.2) is 4.92 Å². The van der Waals surface area contributed by atoms with Gasteiger partial charge in [0.15, 0.2) is 0 Å². The van der Waals surface area contributed by atoms with E-state index in [2.05, 4.69) is 45.7 Å². The summed E-state index contributed by atoms with van der Waals surface area (Å²) >= 11 is 4.95. The fraction of sp³-hybridized carbons (Fsp3) is 0.333. The van der Waals surface area contributed by atoms with Gasteiger partial charge in [0.05, 0.1) is 9.40 Å². The summed E-state index contributed by atoms with van der Waals surface area (Å²) in [6.45, 7) is 2.78. The van der Waals surface area contributed by atoms with Gasteiger partial charge in [0, 0.05) is 23.5 Å². The van der Waals surface area contributed by atoms with Crippen molar-refractivity contribution in [3.8, 4) is 0 Å². The van der Waals surface area contributed by atoms with Crippen LogP contribution in [0.3, 0.4) is 0 Å². The van der Waals surface area contributed by atoms with Crippen molar-refractivity contribution in [2.45, 2.75) is 32.4 Å². The normalized spacial score (nSPS) is 12.3. The number of nitro benzene ring substituents is 1. The first kappa shape index (κ1) is 16.1. The fourth-order valence-electron chi connectivity index (χ4n) is 2.17. The van der Waals surface area contributed by atoms with Gasteiger partial charge in [-0.15, -0.1) is 11.3 Å². The predicted molar refractivity (Wildman–Crippen MR) is 89.6 cm³/mol. The maximum Gasteiger partial charge on any atom is 0.283 e. The molecule has 6 heteroatoms. The summed E-state index contributed by atoms with van der Waals surface area (Å²) in [4.78, 5) is 11.9. The SMILES string of the molecule is CCCC(NCc1ccc(Br)c([N+](=O)[O-])c1)c1cccs1. The number of nitrogens with zero attached hydrogens (tertiary/aromatic N) is 1. The lowest BCUT2D eigenvalue weighted by Gasteiger charge is -2.16. The topological polar surface area (TPSA) is 55.2 Å². The molecule has 0 aliphatic rings. The molecule has 2 aromatic rings. The summed E-state index contributed by atoms with van der Waals surface area (Å²) in [6, 6.07) is 9.74. The molecule has 1 unspecified atom stereocenters. The van der Waals surface area contributed by atoms with Crippen molar-refractivity contribution in [2.24, 2.45) is 0 Å². The number of nitrogens with one attached hydrogen (secondary N) is 1. The molecule has 1 atom stereocenters. The molecule has 1 aromatic heterocycles. The number of nitro groups is 1. The Morgan fingerprint density at radius 2 is 2.24 bits per heavy atom. The minimum atomic E-state index is -0.365. The predicted octanol–water partition coefficient (Wildman–Crippen LogP) is 5.05. The number of hydrogen-bond acceptors (Lipinski definition) is 4. The van der Waals surface area contributed by atoms with Gasteiger partial charge in [-0.1, -0.05) is 25.5 Å². The molecule has 1 aromatic carbocycles. The summed E-state index contributed by atoms with van der Waals surface area (Å²) in [7, 11) is 0. The first-order valence-corrected chi connectivity index (χ1v) is 8.48. The molecule has 4 nitrogen and oxygen atoms in total. The Labute approximate surface area is 136 Å². The van der Waals surface area contributed by atoms with E-state index in [0.717, 1.165) is 18.4 Å². The Morgan fingerprint density at radius 3 is 2.86 bits per heavy atom. The first-order chi connectivity index (χ1) is 10.1. The number of thiophene rings is 1. The zero-order chi connectivity index (χ0) is 15.2. The van der Waals surface area contributed by atoms with Crippen LogP contribution < -0.4 is 5.32 Å². The Balaban J connectivity index is 2.07. The number of benzene rings is 1. The second-order valence-electron chi connectivity index (χ2n) is 4.78. The third-order valence-electron chi connectivity index (χ3n) is 3.22. The Bertz CT molecular complexity index is 602. The van der Waals surface area contributed by atoms with Gasteiger partial charge in [0.2, 0.25) is 0 Å². The van der Waals surface area contributed by atoms with Crippen LogP contribution in [0.15, 0.2) is 40.2 Å². The standard InChI is InChI=1S/C15H17BrN2O2S/c1-2-4-13(15-5-3-8-21-15)17-10-11-6-7-12(16)14(9-11)18(19)20/h3,5-9,13,17H,2,4,10H2,1H3. The maximum absolute atomic E-state index is 11.0. The highest BCUT2D eigenvalue weighted by molar-refractivity contribution is 9.10. The summed E-state index contributed by atoms with van der Waals surface area (Å²) in [5, 5.41) is 16.5. The lowest BCUT2D eigenvalue weighted by Crippen LogP contribution is -2.20. The quantitative estimate of drug-likeness (QED) is 0.549. The molecule has 0 spiro atoms. The van der Waals surface area contributed by atoms with Gasteiger partial charge >= 0.3 is 0 Å². The summed E-state index contributed by atoms with van der Waals surface area (Å²) in [6.07, 6.45) is 2.15. The average Bonchev–Trinajstić information content (AvgIpc) is 2.98. The second kappa shape index (κ2) is 7.68. The maximum atomic E-state index is 11.0. The summed E-state index contributed by atoms with van der Waals surface area (Å²) in [5.41, 5.74) is 1.03. The smallest absolute Gasteiger partial charge is 0.283 e. The van der Waals surface area contributed by atoms with E-state index in [1.807, 2.05) is 6.07 Å². The van der Waals surface area contributed by atoms with E-state index in [1.54, 1.807) is 23.5 Å². The van der Waals surface area contributed by atoms with Crippen LogP contribution in [0.5, 0.6) is 0 Å². The van der Waals surface area contributed by atoms with Crippen LogP contribution in [0.2, 0.25) is 0 Å². The second-order valence-corrected chi connectivity index (χ2v) is 6.61. The van der Waals surface area contributed by atoms with Crippen LogP contribution in [0.4, 0.5) is 5.69 Å². The van der Waals surface area contributed by atoms with Gasteiger partial charge in [-0.3, -0.25) is 10.1 Å².